The second-order valence-electron chi connectivity index (χ2n) is 5.86. The smallest absolute Gasteiger partial charge is 0.217 e. The molecule has 0 spiro atoms. The van der Waals surface area contributed by atoms with Crippen LogP contribution in [0.1, 0.15) is 91.9 Å². The van der Waals surface area contributed by atoms with Crippen molar-refractivity contribution in [3.8, 4) is 0 Å². The number of hydrogen-bond donors (Lipinski definition) is 1. The Bertz CT molecular complexity index is 201. The van der Waals surface area contributed by atoms with Crippen LogP contribution in [0.5, 0.6) is 0 Å². The zero-order valence-electron chi connectivity index (χ0n) is 13.0. The third-order valence-corrected chi connectivity index (χ3v) is 3.64. The van der Waals surface area contributed by atoms with E-state index in [-0.39, 0.29) is 11.4 Å². The van der Waals surface area contributed by atoms with Crippen molar-refractivity contribution in [1.29, 1.82) is 0 Å². The molecule has 0 aliphatic rings. The number of hydrogen-bond acceptors (Lipinski definition) is 1. The number of carbonyl (C=O) groups excluding carboxylic acids is 1. The topological polar surface area (TPSA) is 29.1 Å². The molecule has 0 heterocycles. The molecule has 2 heteroatoms. The quantitative estimate of drug-likeness (QED) is 0.527. The van der Waals surface area contributed by atoms with Crippen LogP contribution in [0.25, 0.3) is 0 Å². The van der Waals surface area contributed by atoms with Crippen LogP contribution in [0, 0.1) is 0 Å². The molecule has 0 fully saturated rings. The minimum absolute atomic E-state index is 0.0211. The van der Waals surface area contributed by atoms with E-state index in [1.807, 2.05) is 0 Å². The normalized spacial score (nSPS) is 11.6. The van der Waals surface area contributed by atoms with Gasteiger partial charge in [0.1, 0.15) is 0 Å². The SMILES string of the molecule is CCCCCCC(C)(CCCCCC)NC(C)=O. The van der Waals surface area contributed by atoms with Crippen LogP contribution in [0.4, 0.5) is 0 Å². The van der Waals surface area contributed by atoms with Gasteiger partial charge in [-0.05, 0) is 19.8 Å². The van der Waals surface area contributed by atoms with E-state index in [1.165, 1.54) is 51.4 Å². The highest BCUT2D eigenvalue weighted by Gasteiger charge is 2.23. The zero-order chi connectivity index (χ0) is 13.9. The molecule has 0 saturated heterocycles. The van der Waals surface area contributed by atoms with E-state index >= 15 is 0 Å². The fraction of sp³-hybridized carbons (Fsp3) is 0.938. The van der Waals surface area contributed by atoms with Crippen molar-refractivity contribution in [1.82, 2.24) is 5.32 Å². The van der Waals surface area contributed by atoms with E-state index in [1.54, 1.807) is 6.92 Å². The highest BCUT2D eigenvalue weighted by molar-refractivity contribution is 5.73. The third-order valence-electron chi connectivity index (χ3n) is 3.64. The van der Waals surface area contributed by atoms with Crippen molar-refractivity contribution in [2.24, 2.45) is 0 Å². The number of carbonyl (C=O) groups is 1. The maximum absolute atomic E-state index is 11.3. The molecule has 1 amide bonds. The predicted molar refractivity (Wildman–Crippen MR) is 79.7 cm³/mol. The van der Waals surface area contributed by atoms with Crippen LogP contribution in [0.2, 0.25) is 0 Å². The Balaban J connectivity index is 4.03. The minimum Gasteiger partial charge on any atom is -0.351 e. The average Bonchev–Trinajstić information content (AvgIpc) is 2.30. The molecule has 2 nitrogen and oxygen atoms in total. The molecular weight excluding hydrogens is 222 g/mol. The number of nitrogens with one attached hydrogen (secondary N) is 1. The Morgan fingerprint density at radius 2 is 1.33 bits per heavy atom. The lowest BCUT2D eigenvalue weighted by Crippen LogP contribution is -2.44. The Hall–Kier alpha value is -0.530. The zero-order valence-corrected chi connectivity index (χ0v) is 13.0. The summed E-state index contributed by atoms with van der Waals surface area (Å²) in [5.41, 5.74) is 0.0211. The third kappa shape index (κ3) is 9.49. The van der Waals surface area contributed by atoms with Crippen LogP contribution < -0.4 is 5.32 Å². The van der Waals surface area contributed by atoms with Crippen LogP contribution in [0.15, 0.2) is 0 Å². The van der Waals surface area contributed by atoms with Crippen molar-refractivity contribution in [2.75, 3.05) is 0 Å². The molecule has 0 aromatic rings. The molecule has 0 aromatic carbocycles. The Labute approximate surface area is 114 Å². The van der Waals surface area contributed by atoms with Gasteiger partial charge in [-0.25, -0.2) is 0 Å². The number of rotatable bonds is 11. The van der Waals surface area contributed by atoms with Gasteiger partial charge in [0.15, 0.2) is 0 Å². The van der Waals surface area contributed by atoms with Gasteiger partial charge in [-0.1, -0.05) is 65.2 Å². The summed E-state index contributed by atoms with van der Waals surface area (Å²) in [6.07, 6.45) is 12.5. The van der Waals surface area contributed by atoms with Gasteiger partial charge in [0, 0.05) is 12.5 Å². The highest BCUT2D eigenvalue weighted by atomic mass is 16.1. The summed E-state index contributed by atoms with van der Waals surface area (Å²) < 4.78 is 0. The summed E-state index contributed by atoms with van der Waals surface area (Å²) in [7, 11) is 0. The largest absolute Gasteiger partial charge is 0.351 e. The molecule has 0 rings (SSSR count). The van der Waals surface area contributed by atoms with Crippen molar-refractivity contribution in [3.63, 3.8) is 0 Å². The van der Waals surface area contributed by atoms with Gasteiger partial charge in [0.2, 0.25) is 5.91 Å². The summed E-state index contributed by atoms with van der Waals surface area (Å²) in [4.78, 5) is 11.3. The standard InChI is InChI=1S/C16H33NO/c1-5-7-9-11-13-16(4,17-15(3)18)14-12-10-8-6-2/h5-14H2,1-4H3,(H,17,18). The van der Waals surface area contributed by atoms with Gasteiger partial charge in [-0.3, -0.25) is 4.79 Å². The second-order valence-corrected chi connectivity index (χ2v) is 5.86. The van der Waals surface area contributed by atoms with E-state index in [9.17, 15) is 4.79 Å². The van der Waals surface area contributed by atoms with Gasteiger partial charge in [0.25, 0.3) is 0 Å². The summed E-state index contributed by atoms with van der Waals surface area (Å²) in [5.74, 6) is 0.114. The molecule has 108 valence electrons. The van der Waals surface area contributed by atoms with Gasteiger partial charge in [0.05, 0.1) is 0 Å². The lowest BCUT2D eigenvalue weighted by molar-refractivity contribution is -0.120. The number of unbranched alkanes of at least 4 members (excludes halogenated alkanes) is 6. The molecule has 0 aliphatic heterocycles. The molecule has 0 unspecified atom stereocenters. The van der Waals surface area contributed by atoms with Gasteiger partial charge >= 0.3 is 0 Å². The van der Waals surface area contributed by atoms with E-state index < -0.39 is 0 Å². The molecule has 0 bridgehead atoms. The van der Waals surface area contributed by atoms with Crippen molar-refractivity contribution >= 4 is 5.91 Å². The molecule has 18 heavy (non-hydrogen) atoms. The summed E-state index contributed by atoms with van der Waals surface area (Å²) in [5, 5.41) is 3.17. The first-order chi connectivity index (χ1) is 8.54. The van der Waals surface area contributed by atoms with Crippen molar-refractivity contribution < 1.29 is 4.79 Å². The molecule has 1 N–H and O–H groups in total. The monoisotopic (exact) mass is 255 g/mol. The molecule has 0 aromatic heterocycles. The van der Waals surface area contributed by atoms with E-state index in [4.69, 9.17) is 0 Å². The van der Waals surface area contributed by atoms with E-state index in [2.05, 4.69) is 26.1 Å². The molecular formula is C16H33NO. The first-order valence-corrected chi connectivity index (χ1v) is 7.83. The Kier molecular flexibility index (Phi) is 10.1. The molecule has 0 aliphatic carbocycles. The van der Waals surface area contributed by atoms with Crippen LogP contribution in [0.3, 0.4) is 0 Å². The average molecular weight is 255 g/mol. The van der Waals surface area contributed by atoms with Crippen molar-refractivity contribution in [2.45, 2.75) is 97.4 Å². The lowest BCUT2D eigenvalue weighted by Gasteiger charge is -2.31. The Morgan fingerprint density at radius 1 is 0.889 bits per heavy atom. The first-order valence-electron chi connectivity index (χ1n) is 7.83. The minimum atomic E-state index is 0.0211. The summed E-state index contributed by atoms with van der Waals surface area (Å²) in [6, 6.07) is 0. The molecule has 0 atom stereocenters. The van der Waals surface area contributed by atoms with Gasteiger partial charge in [-0.2, -0.15) is 0 Å². The molecule has 0 radical (unpaired) electrons. The fourth-order valence-corrected chi connectivity index (χ4v) is 2.56. The summed E-state index contributed by atoms with van der Waals surface area (Å²) in [6.45, 7) is 8.32. The van der Waals surface area contributed by atoms with E-state index in [0.29, 0.717) is 0 Å². The predicted octanol–water partition coefficient (Wildman–Crippen LogP) is 4.82. The number of amides is 1. The van der Waals surface area contributed by atoms with Gasteiger partial charge in [-0.15, -0.1) is 0 Å². The van der Waals surface area contributed by atoms with Crippen LogP contribution in [-0.4, -0.2) is 11.4 Å². The van der Waals surface area contributed by atoms with Gasteiger partial charge < -0.3 is 5.32 Å². The van der Waals surface area contributed by atoms with Crippen LogP contribution >= 0.6 is 0 Å². The van der Waals surface area contributed by atoms with Crippen LogP contribution in [-0.2, 0) is 4.79 Å². The lowest BCUT2D eigenvalue weighted by atomic mass is 9.88. The summed E-state index contributed by atoms with van der Waals surface area (Å²) >= 11 is 0. The Morgan fingerprint density at radius 3 is 1.67 bits per heavy atom. The highest BCUT2D eigenvalue weighted by Crippen LogP contribution is 2.22. The fourth-order valence-electron chi connectivity index (χ4n) is 2.56. The van der Waals surface area contributed by atoms with E-state index in [0.717, 1.165) is 12.8 Å². The first kappa shape index (κ1) is 17.5. The maximum atomic E-state index is 11.3. The molecule has 0 saturated carbocycles. The maximum Gasteiger partial charge on any atom is 0.217 e. The second kappa shape index (κ2) is 10.4. The van der Waals surface area contributed by atoms with Crippen molar-refractivity contribution in [3.05, 3.63) is 0 Å².